The van der Waals surface area contributed by atoms with Crippen molar-refractivity contribution in [3.8, 4) is 17.2 Å². The third-order valence-electron chi connectivity index (χ3n) is 5.73. The lowest BCUT2D eigenvalue weighted by atomic mass is 9.99. The summed E-state index contributed by atoms with van der Waals surface area (Å²) in [7, 11) is 0. The zero-order valence-corrected chi connectivity index (χ0v) is 20.3. The number of hydrogen-bond acceptors (Lipinski definition) is 8. The zero-order valence-electron chi connectivity index (χ0n) is 20.3. The van der Waals surface area contributed by atoms with Crippen molar-refractivity contribution >= 4 is 29.7 Å². The molecule has 0 aliphatic rings. The number of phenolic OH excluding ortho intramolecular Hbond substituents is 3. The maximum absolute atomic E-state index is 13.6. The quantitative estimate of drug-likeness (QED) is 0.181. The number of aliphatic carboxylic acids is 3. The maximum atomic E-state index is 13.6. The van der Waals surface area contributed by atoms with Gasteiger partial charge in [-0.15, -0.1) is 0 Å². The van der Waals surface area contributed by atoms with E-state index in [1.54, 1.807) is 30.3 Å². The number of benzene rings is 2. The Morgan fingerprint density at radius 2 is 1.45 bits per heavy atom. The van der Waals surface area contributed by atoms with Crippen molar-refractivity contribution in [3.05, 3.63) is 53.6 Å². The Bertz CT molecular complexity index is 1180. The predicted molar refractivity (Wildman–Crippen MR) is 130 cm³/mol. The lowest BCUT2D eigenvalue weighted by Crippen LogP contribution is -2.58. The van der Waals surface area contributed by atoms with Crippen LogP contribution in [0.5, 0.6) is 17.2 Å². The van der Waals surface area contributed by atoms with Crippen LogP contribution in [0.15, 0.2) is 42.5 Å². The van der Waals surface area contributed by atoms with Gasteiger partial charge in [0.25, 0.3) is 5.91 Å². The lowest BCUT2D eigenvalue weighted by Gasteiger charge is -2.35. The van der Waals surface area contributed by atoms with Crippen LogP contribution >= 0.6 is 0 Å². The average Bonchev–Trinajstić information content (AvgIpc) is 2.86. The van der Waals surface area contributed by atoms with Crippen molar-refractivity contribution in [3.63, 3.8) is 0 Å². The van der Waals surface area contributed by atoms with E-state index in [4.69, 9.17) is 5.11 Å². The molecule has 7 N–H and O–H groups in total. The molecule has 0 saturated heterocycles. The minimum Gasteiger partial charge on any atom is -0.504 e. The second kappa shape index (κ2) is 12.9. The van der Waals surface area contributed by atoms with Crippen molar-refractivity contribution in [2.24, 2.45) is 0 Å². The summed E-state index contributed by atoms with van der Waals surface area (Å²) in [6.07, 6.45) is -1.48. The number of hydrogen-bond donors (Lipinski definition) is 7. The van der Waals surface area contributed by atoms with Gasteiger partial charge in [0.2, 0.25) is 5.91 Å². The van der Waals surface area contributed by atoms with E-state index in [1.807, 2.05) is 0 Å². The van der Waals surface area contributed by atoms with E-state index in [2.05, 4.69) is 5.32 Å². The highest BCUT2D eigenvalue weighted by atomic mass is 16.4. The molecule has 0 aliphatic heterocycles. The number of phenols is 3. The van der Waals surface area contributed by atoms with E-state index in [-0.39, 0.29) is 12.8 Å². The van der Waals surface area contributed by atoms with Crippen LogP contribution in [0.25, 0.3) is 0 Å². The van der Waals surface area contributed by atoms with Gasteiger partial charge in [0.1, 0.15) is 18.1 Å². The highest BCUT2D eigenvalue weighted by molar-refractivity contribution is 6.01. The first kappa shape index (κ1) is 29.4. The number of carboxylic acids is 3. The molecule has 0 radical (unpaired) electrons. The van der Waals surface area contributed by atoms with Gasteiger partial charge in [-0.3, -0.25) is 14.4 Å². The number of carbonyl (C=O) groups is 5. The van der Waals surface area contributed by atoms with Crippen LogP contribution < -0.4 is 5.32 Å². The number of rotatable bonds is 13. The summed E-state index contributed by atoms with van der Waals surface area (Å²) < 4.78 is 0. The average molecular weight is 533 g/mol. The number of nitrogens with one attached hydrogen (secondary N) is 1. The minimum absolute atomic E-state index is 0.183. The normalized spacial score (nSPS) is 13.1. The summed E-state index contributed by atoms with van der Waals surface area (Å²) in [6.45, 7) is 1.45. The smallest absolute Gasteiger partial charge is 0.326 e. The molecule has 0 fully saturated rings. The van der Waals surface area contributed by atoms with E-state index in [9.17, 15) is 49.5 Å². The SMILES string of the molecule is CCC(C(=O)N[C@@H](CCC(=O)O)C(=O)O)N(C(=O)c1cc(O)c(O)c(O)c1)C(Cc1ccccc1)C(=O)O. The molecule has 38 heavy (non-hydrogen) atoms. The van der Waals surface area contributed by atoms with Crippen molar-refractivity contribution in [2.45, 2.75) is 50.7 Å². The van der Waals surface area contributed by atoms with Gasteiger partial charge in [0.05, 0.1) is 0 Å². The highest BCUT2D eigenvalue weighted by Crippen LogP contribution is 2.36. The second-order valence-corrected chi connectivity index (χ2v) is 8.38. The first-order valence-corrected chi connectivity index (χ1v) is 11.5. The summed E-state index contributed by atoms with van der Waals surface area (Å²) in [6, 6.07) is 4.87. The molecule has 3 atom stereocenters. The molecule has 204 valence electrons. The Morgan fingerprint density at radius 3 is 1.92 bits per heavy atom. The van der Waals surface area contributed by atoms with Crippen LogP contribution in [0, 0.1) is 0 Å². The number of nitrogens with zero attached hydrogens (tertiary/aromatic N) is 1. The fourth-order valence-electron chi connectivity index (χ4n) is 3.82. The summed E-state index contributed by atoms with van der Waals surface area (Å²) in [4.78, 5) is 62.5. The minimum atomic E-state index is -1.67. The standard InChI is InChI=1S/C25H28N2O11/c1-2-16(22(33)26-15(24(35)36)8-9-20(30)31)27(17(25(37)38)10-13-6-4-3-5-7-13)23(34)14-11-18(28)21(32)19(29)12-14/h3-7,11-12,15-17,28-29,32H,2,8-10H2,1H3,(H,26,33)(H,30,31)(H,35,36)(H,37,38)/t15-,16?,17?/m0/s1. The first-order valence-electron chi connectivity index (χ1n) is 11.5. The molecule has 2 unspecified atom stereocenters. The lowest BCUT2D eigenvalue weighted by molar-refractivity contribution is -0.147. The third kappa shape index (κ3) is 7.35. The Labute approximate surface area is 216 Å². The number of carbonyl (C=O) groups excluding carboxylic acids is 2. The fraction of sp³-hybridized carbons (Fsp3) is 0.320. The molecular formula is C25H28N2O11. The van der Waals surface area contributed by atoms with Gasteiger partial charge in [-0.05, 0) is 30.5 Å². The van der Waals surface area contributed by atoms with Gasteiger partial charge >= 0.3 is 17.9 Å². The van der Waals surface area contributed by atoms with Gasteiger partial charge in [-0.1, -0.05) is 37.3 Å². The Hall–Kier alpha value is -4.81. The molecule has 0 saturated carbocycles. The van der Waals surface area contributed by atoms with Crippen LogP contribution in [-0.2, 0) is 25.6 Å². The van der Waals surface area contributed by atoms with E-state index >= 15 is 0 Å². The predicted octanol–water partition coefficient (Wildman–Crippen LogP) is 1.15. The molecule has 2 aromatic rings. The van der Waals surface area contributed by atoms with Crippen LogP contribution in [0.2, 0.25) is 0 Å². The number of aromatic hydroxyl groups is 3. The monoisotopic (exact) mass is 532 g/mol. The molecule has 2 aromatic carbocycles. The largest absolute Gasteiger partial charge is 0.504 e. The van der Waals surface area contributed by atoms with E-state index < -0.39 is 83.5 Å². The van der Waals surface area contributed by atoms with Crippen LogP contribution in [0.4, 0.5) is 0 Å². The third-order valence-corrected chi connectivity index (χ3v) is 5.73. The summed E-state index contributed by atoms with van der Waals surface area (Å²) in [5, 5.41) is 60.0. The number of carboxylic acid groups (broad SMARTS) is 3. The first-order chi connectivity index (χ1) is 17.9. The van der Waals surface area contributed by atoms with Crippen molar-refractivity contribution < 1.29 is 54.6 Å². The number of amides is 2. The van der Waals surface area contributed by atoms with E-state index in [0.29, 0.717) is 10.5 Å². The Kier molecular flexibility index (Phi) is 10.0. The summed E-state index contributed by atoms with van der Waals surface area (Å²) in [5.41, 5.74) is 0.0401. The zero-order chi connectivity index (χ0) is 28.6. The van der Waals surface area contributed by atoms with Crippen LogP contribution in [0.1, 0.15) is 42.1 Å². The van der Waals surface area contributed by atoms with E-state index in [1.165, 1.54) is 6.92 Å². The Morgan fingerprint density at radius 1 is 0.868 bits per heavy atom. The van der Waals surface area contributed by atoms with Crippen molar-refractivity contribution in [2.75, 3.05) is 0 Å². The van der Waals surface area contributed by atoms with Crippen molar-refractivity contribution in [1.82, 2.24) is 10.2 Å². The van der Waals surface area contributed by atoms with Gasteiger partial charge in [-0.2, -0.15) is 0 Å². The van der Waals surface area contributed by atoms with Gasteiger partial charge in [-0.25, -0.2) is 9.59 Å². The van der Waals surface area contributed by atoms with Crippen LogP contribution in [-0.4, -0.2) is 83.4 Å². The molecule has 0 heterocycles. The summed E-state index contributed by atoms with van der Waals surface area (Å²) >= 11 is 0. The molecule has 2 rings (SSSR count). The molecule has 2 amide bonds. The van der Waals surface area contributed by atoms with Crippen LogP contribution in [0.3, 0.4) is 0 Å². The Balaban J connectivity index is 2.57. The molecule has 0 bridgehead atoms. The van der Waals surface area contributed by atoms with Gasteiger partial charge < -0.3 is 40.9 Å². The molecule has 0 aliphatic carbocycles. The molecule has 0 spiro atoms. The van der Waals surface area contributed by atoms with E-state index in [0.717, 1.165) is 12.1 Å². The second-order valence-electron chi connectivity index (χ2n) is 8.38. The fourth-order valence-corrected chi connectivity index (χ4v) is 3.82. The summed E-state index contributed by atoms with van der Waals surface area (Å²) in [5.74, 6) is -9.15. The van der Waals surface area contributed by atoms with Crippen molar-refractivity contribution in [1.29, 1.82) is 0 Å². The van der Waals surface area contributed by atoms with Gasteiger partial charge in [0.15, 0.2) is 17.2 Å². The molecular weight excluding hydrogens is 504 g/mol. The maximum Gasteiger partial charge on any atom is 0.326 e. The van der Waals surface area contributed by atoms with Gasteiger partial charge in [0, 0.05) is 18.4 Å². The highest BCUT2D eigenvalue weighted by Gasteiger charge is 2.40. The molecule has 13 nitrogen and oxygen atoms in total. The molecule has 0 aromatic heterocycles. The topological polar surface area (TPSA) is 222 Å². The molecule has 13 heteroatoms.